The lowest BCUT2D eigenvalue weighted by Gasteiger charge is -2.26. The summed E-state index contributed by atoms with van der Waals surface area (Å²) in [5.41, 5.74) is 7.21. The van der Waals surface area contributed by atoms with Gasteiger partial charge in [-0.2, -0.15) is 22.0 Å². The molecule has 1 aromatic rings. The number of halogens is 2. The molecule has 0 aromatic heterocycles. The Morgan fingerprint density at radius 1 is 1.13 bits per heavy atom. The molecule has 10 nitrogen and oxygen atoms in total. The highest BCUT2D eigenvalue weighted by Gasteiger charge is 2.26. The van der Waals surface area contributed by atoms with E-state index in [0.29, 0.717) is 5.12 Å². The van der Waals surface area contributed by atoms with Gasteiger partial charge in [-0.15, -0.1) is 5.10 Å². The summed E-state index contributed by atoms with van der Waals surface area (Å²) in [5.74, 6) is 0. The predicted octanol–water partition coefficient (Wildman–Crippen LogP) is 0.424. The van der Waals surface area contributed by atoms with Crippen molar-refractivity contribution in [3.05, 3.63) is 29.1 Å². The van der Waals surface area contributed by atoms with Crippen molar-refractivity contribution in [2.75, 3.05) is 5.12 Å². The van der Waals surface area contributed by atoms with Gasteiger partial charge in [0, 0.05) is 0 Å². The molecule has 23 heavy (non-hydrogen) atoms. The van der Waals surface area contributed by atoms with E-state index in [1.807, 2.05) is 0 Å². The predicted molar refractivity (Wildman–Crippen MR) is 82.0 cm³/mol. The standard InChI is InChI=1S/C9H8Cl2N4O6S2/c10-8-7(12)9(11)14-15(13-8)5-3-4(22(16,17)18)1-2-6(5)23(19,20)21/h1-3,13H,12H2,(H,16,17,18)(H,19,20,21). The van der Waals surface area contributed by atoms with Crippen LogP contribution in [-0.4, -0.2) is 31.1 Å². The number of hydrazine groups is 1. The monoisotopic (exact) mass is 402 g/mol. The van der Waals surface area contributed by atoms with Gasteiger partial charge in [-0.3, -0.25) is 14.5 Å². The van der Waals surface area contributed by atoms with Crippen molar-refractivity contribution in [3.63, 3.8) is 0 Å². The molecule has 0 spiro atoms. The number of anilines is 1. The molecule has 0 atom stereocenters. The zero-order valence-corrected chi connectivity index (χ0v) is 13.9. The third-order valence-corrected chi connectivity index (χ3v) is 4.90. The molecule has 1 aromatic carbocycles. The van der Waals surface area contributed by atoms with Gasteiger partial charge in [-0.25, -0.2) is 0 Å². The highest BCUT2D eigenvalue weighted by molar-refractivity contribution is 7.86. The van der Waals surface area contributed by atoms with Crippen LogP contribution in [0.3, 0.4) is 0 Å². The van der Waals surface area contributed by atoms with Crippen LogP contribution in [-0.2, 0) is 20.2 Å². The number of rotatable bonds is 3. The van der Waals surface area contributed by atoms with Crippen LogP contribution in [0.4, 0.5) is 5.69 Å². The third-order valence-electron chi connectivity index (χ3n) is 2.58. The summed E-state index contributed by atoms with van der Waals surface area (Å²) in [6.45, 7) is 0. The second-order valence-electron chi connectivity index (χ2n) is 4.12. The number of allylic oxidation sites excluding steroid dienone is 1. The lowest BCUT2D eigenvalue weighted by molar-refractivity contribution is 0.478. The van der Waals surface area contributed by atoms with Crippen LogP contribution in [0.15, 0.2) is 43.9 Å². The lowest BCUT2D eigenvalue weighted by Crippen LogP contribution is -2.39. The SMILES string of the molecule is NC1=C(Cl)NN(c2cc(S(=O)(=O)O)ccc2S(=O)(=O)O)N=C1Cl. The zero-order valence-electron chi connectivity index (χ0n) is 10.8. The molecule has 0 saturated carbocycles. The van der Waals surface area contributed by atoms with Crippen LogP contribution in [0, 0.1) is 0 Å². The molecular formula is C9H8Cl2N4O6S2. The van der Waals surface area contributed by atoms with E-state index >= 15 is 0 Å². The summed E-state index contributed by atoms with van der Waals surface area (Å²) in [6, 6.07) is 2.28. The molecule has 0 unspecified atom stereocenters. The van der Waals surface area contributed by atoms with E-state index in [1.54, 1.807) is 0 Å². The molecule has 0 fully saturated rings. The number of hydrogen-bond acceptors (Lipinski definition) is 8. The van der Waals surface area contributed by atoms with Crippen molar-refractivity contribution < 1.29 is 25.9 Å². The number of nitrogens with two attached hydrogens (primary N) is 1. The Morgan fingerprint density at radius 3 is 2.22 bits per heavy atom. The summed E-state index contributed by atoms with van der Waals surface area (Å²) in [6.07, 6.45) is 0. The van der Waals surface area contributed by atoms with E-state index in [0.717, 1.165) is 18.2 Å². The van der Waals surface area contributed by atoms with Gasteiger partial charge in [0.05, 0.1) is 4.90 Å². The maximum atomic E-state index is 11.4. The summed E-state index contributed by atoms with van der Waals surface area (Å²) < 4.78 is 63.5. The molecule has 126 valence electrons. The van der Waals surface area contributed by atoms with Crippen LogP contribution >= 0.6 is 23.2 Å². The second-order valence-corrected chi connectivity index (χ2v) is 7.67. The van der Waals surface area contributed by atoms with Crippen molar-refractivity contribution in [2.24, 2.45) is 10.8 Å². The average molecular weight is 403 g/mol. The zero-order chi connectivity index (χ0) is 17.6. The van der Waals surface area contributed by atoms with E-state index in [9.17, 15) is 21.4 Å². The number of nitrogens with one attached hydrogen (secondary N) is 1. The Labute approximate surface area is 140 Å². The second kappa shape index (κ2) is 5.81. The molecule has 14 heteroatoms. The Morgan fingerprint density at radius 2 is 1.74 bits per heavy atom. The van der Waals surface area contributed by atoms with Crippen molar-refractivity contribution in [1.82, 2.24) is 5.43 Å². The maximum absolute atomic E-state index is 11.4. The first-order valence-electron chi connectivity index (χ1n) is 5.47. The van der Waals surface area contributed by atoms with Crippen LogP contribution in [0.25, 0.3) is 0 Å². The Balaban J connectivity index is 2.70. The van der Waals surface area contributed by atoms with Gasteiger partial charge in [0.15, 0.2) is 5.17 Å². The Hall–Kier alpha value is -1.57. The fraction of sp³-hybridized carbons (Fsp3) is 0. The molecule has 0 saturated heterocycles. The van der Waals surface area contributed by atoms with Gasteiger partial charge in [0.25, 0.3) is 20.2 Å². The van der Waals surface area contributed by atoms with Gasteiger partial charge in [-0.05, 0) is 18.2 Å². The van der Waals surface area contributed by atoms with E-state index in [-0.39, 0.29) is 16.0 Å². The molecular weight excluding hydrogens is 395 g/mol. The van der Waals surface area contributed by atoms with Crippen molar-refractivity contribution in [2.45, 2.75) is 9.79 Å². The van der Waals surface area contributed by atoms with E-state index in [4.69, 9.17) is 33.5 Å². The highest BCUT2D eigenvalue weighted by Crippen LogP contribution is 2.30. The molecule has 2 rings (SSSR count). The van der Waals surface area contributed by atoms with E-state index in [2.05, 4.69) is 10.5 Å². The molecule has 0 aliphatic carbocycles. The fourth-order valence-electron chi connectivity index (χ4n) is 1.57. The smallest absolute Gasteiger partial charge is 0.296 e. The molecule has 0 bridgehead atoms. The van der Waals surface area contributed by atoms with Gasteiger partial charge in [0.1, 0.15) is 21.4 Å². The maximum Gasteiger partial charge on any atom is 0.296 e. The quantitative estimate of drug-likeness (QED) is 0.414. The number of nitrogens with zero attached hydrogens (tertiary/aromatic N) is 2. The minimum atomic E-state index is -4.75. The van der Waals surface area contributed by atoms with Crippen LogP contribution in [0.5, 0.6) is 0 Å². The van der Waals surface area contributed by atoms with Crippen LogP contribution < -0.4 is 16.3 Å². The first kappa shape index (κ1) is 17.8. The van der Waals surface area contributed by atoms with Crippen molar-refractivity contribution in [3.8, 4) is 0 Å². The van der Waals surface area contributed by atoms with Gasteiger partial charge >= 0.3 is 0 Å². The minimum absolute atomic E-state index is 0.135. The number of benzene rings is 1. The summed E-state index contributed by atoms with van der Waals surface area (Å²) in [7, 11) is -9.40. The molecule has 1 aliphatic heterocycles. The number of hydrazone groups is 1. The van der Waals surface area contributed by atoms with Crippen LogP contribution in [0.1, 0.15) is 0 Å². The first-order chi connectivity index (χ1) is 10.4. The summed E-state index contributed by atoms with van der Waals surface area (Å²) in [4.78, 5) is -1.36. The molecule has 0 radical (unpaired) electrons. The van der Waals surface area contributed by atoms with Crippen molar-refractivity contribution >= 4 is 54.3 Å². The Kier molecular flexibility index (Phi) is 4.49. The molecule has 1 aliphatic rings. The van der Waals surface area contributed by atoms with Gasteiger partial charge in [0.2, 0.25) is 0 Å². The van der Waals surface area contributed by atoms with Crippen LogP contribution in [0.2, 0.25) is 0 Å². The summed E-state index contributed by atoms with van der Waals surface area (Å²) in [5, 5.41) is 3.81. The molecule has 5 N–H and O–H groups in total. The van der Waals surface area contributed by atoms with Gasteiger partial charge in [-0.1, -0.05) is 23.2 Å². The largest absolute Gasteiger partial charge is 0.394 e. The number of hydrogen-bond donors (Lipinski definition) is 4. The fourth-order valence-corrected chi connectivity index (χ4v) is 3.10. The highest BCUT2D eigenvalue weighted by atomic mass is 35.5. The summed E-state index contributed by atoms with van der Waals surface area (Å²) >= 11 is 11.5. The topological polar surface area (TPSA) is 162 Å². The minimum Gasteiger partial charge on any atom is -0.394 e. The Bertz CT molecular complexity index is 941. The van der Waals surface area contributed by atoms with E-state index < -0.39 is 35.7 Å². The first-order valence-corrected chi connectivity index (χ1v) is 9.10. The lowest BCUT2D eigenvalue weighted by atomic mass is 10.3. The van der Waals surface area contributed by atoms with Gasteiger partial charge < -0.3 is 5.73 Å². The molecule has 1 heterocycles. The average Bonchev–Trinajstić information content (AvgIpc) is 2.41. The van der Waals surface area contributed by atoms with Crippen molar-refractivity contribution in [1.29, 1.82) is 0 Å². The normalized spacial score (nSPS) is 16.2. The molecule has 0 amide bonds. The third kappa shape index (κ3) is 3.68. The van der Waals surface area contributed by atoms with E-state index in [1.165, 1.54) is 0 Å².